The number of benzene rings is 1. The molecule has 1 heterocycles. The molecule has 0 fully saturated rings. The highest BCUT2D eigenvalue weighted by Gasteiger charge is 2.05. The predicted octanol–water partition coefficient (Wildman–Crippen LogP) is 2.72. The van der Waals surface area contributed by atoms with Gasteiger partial charge in [-0.05, 0) is 13.0 Å². The number of aromatic nitrogens is 2. The summed E-state index contributed by atoms with van der Waals surface area (Å²) in [6, 6.07) is 5.21. The molecule has 0 saturated heterocycles. The monoisotopic (exact) mass is 264 g/mol. The number of rotatable bonds is 4. The Balaban J connectivity index is 2.12. The van der Waals surface area contributed by atoms with E-state index in [1.165, 1.54) is 12.1 Å². The third kappa shape index (κ3) is 3.37. The average Bonchev–Trinajstić information content (AvgIpc) is 2.37. The summed E-state index contributed by atoms with van der Waals surface area (Å²) in [4.78, 5) is 8.34. The second-order valence-electron chi connectivity index (χ2n) is 4.02. The fourth-order valence-corrected chi connectivity index (χ4v) is 1.64. The number of anilines is 2. The van der Waals surface area contributed by atoms with E-state index in [1.54, 1.807) is 20.0 Å². The van der Waals surface area contributed by atoms with Gasteiger partial charge in [0.1, 0.15) is 29.1 Å². The topological polar surface area (TPSA) is 49.8 Å². The van der Waals surface area contributed by atoms with Crippen molar-refractivity contribution in [1.29, 1.82) is 0 Å². The molecule has 19 heavy (non-hydrogen) atoms. The van der Waals surface area contributed by atoms with Crippen molar-refractivity contribution >= 4 is 11.6 Å². The third-order valence-corrected chi connectivity index (χ3v) is 2.57. The molecule has 0 atom stereocenters. The van der Waals surface area contributed by atoms with Crippen molar-refractivity contribution < 1.29 is 8.78 Å². The fraction of sp³-hybridized carbons (Fsp3) is 0.231. The number of halogens is 2. The molecule has 2 N–H and O–H groups in total. The van der Waals surface area contributed by atoms with E-state index >= 15 is 0 Å². The van der Waals surface area contributed by atoms with Gasteiger partial charge in [0.2, 0.25) is 0 Å². The molecule has 1 aromatic heterocycles. The first-order chi connectivity index (χ1) is 9.08. The molecule has 0 amide bonds. The smallest absolute Gasteiger partial charge is 0.132 e. The van der Waals surface area contributed by atoms with E-state index in [-0.39, 0.29) is 6.54 Å². The van der Waals surface area contributed by atoms with Gasteiger partial charge in [0, 0.05) is 31.3 Å². The van der Waals surface area contributed by atoms with Gasteiger partial charge in [-0.3, -0.25) is 0 Å². The summed E-state index contributed by atoms with van der Waals surface area (Å²) in [6.45, 7) is 2.00. The van der Waals surface area contributed by atoms with Gasteiger partial charge in [-0.2, -0.15) is 0 Å². The normalized spacial score (nSPS) is 10.3. The zero-order valence-corrected chi connectivity index (χ0v) is 10.7. The standard InChI is InChI=1S/C13H14F2N4/c1-8-18-12(16-2)6-13(19-8)17-7-9-3-4-10(14)5-11(9)15/h3-6H,7H2,1-2H3,(H2,16,17,18,19). The summed E-state index contributed by atoms with van der Waals surface area (Å²) in [5.74, 6) is 0.702. The Bertz CT molecular complexity index is 587. The van der Waals surface area contributed by atoms with E-state index in [9.17, 15) is 8.78 Å². The van der Waals surface area contributed by atoms with Gasteiger partial charge in [0.05, 0.1) is 0 Å². The SMILES string of the molecule is CNc1cc(NCc2ccc(F)cc2F)nc(C)n1. The molecule has 0 unspecified atom stereocenters. The van der Waals surface area contributed by atoms with Gasteiger partial charge >= 0.3 is 0 Å². The van der Waals surface area contributed by atoms with Crippen LogP contribution in [0.5, 0.6) is 0 Å². The molecule has 0 aliphatic carbocycles. The summed E-state index contributed by atoms with van der Waals surface area (Å²) in [6.07, 6.45) is 0. The Labute approximate surface area is 109 Å². The molecule has 0 aliphatic rings. The van der Waals surface area contributed by atoms with Gasteiger partial charge in [0.15, 0.2) is 0 Å². The minimum absolute atomic E-state index is 0.228. The largest absolute Gasteiger partial charge is 0.373 e. The van der Waals surface area contributed by atoms with Gasteiger partial charge in [-0.15, -0.1) is 0 Å². The van der Waals surface area contributed by atoms with Crippen molar-refractivity contribution in [2.45, 2.75) is 13.5 Å². The molecule has 0 spiro atoms. The Hall–Kier alpha value is -2.24. The molecule has 0 radical (unpaired) electrons. The second-order valence-corrected chi connectivity index (χ2v) is 4.02. The van der Waals surface area contributed by atoms with Gasteiger partial charge in [-0.1, -0.05) is 6.07 Å². The van der Waals surface area contributed by atoms with Crippen LogP contribution in [-0.4, -0.2) is 17.0 Å². The third-order valence-electron chi connectivity index (χ3n) is 2.57. The summed E-state index contributed by atoms with van der Waals surface area (Å²) >= 11 is 0. The zero-order chi connectivity index (χ0) is 13.8. The quantitative estimate of drug-likeness (QED) is 0.891. The summed E-state index contributed by atoms with van der Waals surface area (Å²) in [7, 11) is 1.76. The molecule has 2 rings (SSSR count). The summed E-state index contributed by atoms with van der Waals surface area (Å²) in [5, 5.41) is 5.89. The van der Waals surface area contributed by atoms with E-state index in [0.717, 1.165) is 6.07 Å². The number of hydrogen-bond donors (Lipinski definition) is 2. The lowest BCUT2D eigenvalue weighted by Crippen LogP contribution is -2.06. The van der Waals surface area contributed by atoms with Crippen molar-refractivity contribution in [3.8, 4) is 0 Å². The van der Waals surface area contributed by atoms with Crippen LogP contribution < -0.4 is 10.6 Å². The van der Waals surface area contributed by atoms with Crippen LogP contribution in [0.3, 0.4) is 0 Å². The van der Waals surface area contributed by atoms with E-state index in [0.29, 0.717) is 23.0 Å². The lowest BCUT2D eigenvalue weighted by atomic mass is 10.2. The van der Waals surface area contributed by atoms with Crippen LogP contribution in [0.2, 0.25) is 0 Å². The maximum absolute atomic E-state index is 13.5. The first kappa shape index (κ1) is 13.2. The average molecular weight is 264 g/mol. The highest BCUT2D eigenvalue weighted by molar-refractivity contribution is 5.47. The van der Waals surface area contributed by atoms with Gasteiger partial charge < -0.3 is 10.6 Å². The van der Waals surface area contributed by atoms with Gasteiger partial charge in [0.25, 0.3) is 0 Å². The summed E-state index contributed by atoms with van der Waals surface area (Å²) < 4.78 is 26.2. The maximum Gasteiger partial charge on any atom is 0.132 e. The molecule has 2 aromatic rings. The van der Waals surface area contributed by atoms with E-state index in [4.69, 9.17) is 0 Å². The van der Waals surface area contributed by atoms with Crippen LogP contribution in [-0.2, 0) is 6.54 Å². The lowest BCUT2D eigenvalue weighted by Gasteiger charge is -2.09. The van der Waals surface area contributed by atoms with Crippen molar-refractivity contribution in [3.63, 3.8) is 0 Å². The fourth-order valence-electron chi connectivity index (χ4n) is 1.64. The van der Waals surface area contributed by atoms with E-state index in [1.807, 2.05) is 0 Å². The van der Waals surface area contributed by atoms with Crippen LogP contribution in [0, 0.1) is 18.6 Å². The van der Waals surface area contributed by atoms with Crippen LogP contribution in [0.15, 0.2) is 24.3 Å². The van der Waals surface area contributed by atoms with Crippen molar-refractivity contribution in [3.05, 3.63) is 47.3 Å². The van der Waals surface area contributed by atoms with Crippen LogP contribution in [0.1, 0.15) is 11.4 Å². The first-order valence-corrected chi connectivity index (χ1v) is 5.79. The molecule has 6 heteroatoms. The Morgan fingerprint density at radius 1 is 1.11 bits per heavy atom. The lowest BCUT2D eigenvalue weighted by molar-refractivity contribution is 0.574. The molecule has 0 saturated carbocycles. The number of hydrogen-bond acceptors (Lipinski definition) is 4. The molecule has 4 nitrogen and oxygen atoms in total. The Morgan fingerprint density at radius 2 is 1.84 bits per heavy atom. The molecular weight excluding hydrogens is 250 g/mol. The van der Waals surface area contributed by atoms with Crippen molar-refractivity contribution in [1.82, 2.24) is 9.97 Å². The van der Waals surface area contributed by atoms with Crippen LogP contribution in [0.25, 0.3) is 0 Å². The zero-order valence-electron chi connectivity index (χ0n) is 10.7. The predicted molar refractivity (Wildman–Crippen MR) is 70.0 cm³/mol. The minimum atomic E-state index is -0.586. The van der Waals surface area contributed by atoms with Crippen LogP contribution >= 0.6 is 0 Å². The maximum atomic E-state index is 13.5. The second kappa shape index (κ2) is 5.60. The molecule has 0 aliphatic heterocycles. The number of aryl methyl sites for hydroxylation is 1. The van der Waals surface area contributed by atoms with Crippen molar-refractivity contribution in [2.75, 3.05) is 17.7 Å². The highest BCUT2D eigenvalue weighted by Crippen LogP contribution is 2.14. The van der Waals surface area contributed by atoms with Crippen molar-refractivity contribution in [2.24, 2.45) is 0 Å². The van der Waals surface area contributed by atoms with E-state index < -0.39 is 11.6 Å². The highest BCUT2D eigenvalue weighted by atomic mass is 19.1. The van der Waals surface area contributed by atoms with Gasteiger partial charge in [-0.25, -0.2) is 18.7 Å². The minimum Gasteiger partial charge on any atom is -0.373 e. The number of nitrogens with one attached hydrogen (secondary N) is 2. The molecular formula is C13H14F2N4. The van der Waals surface area contributed by atoms with E-state index in [2.05, 4.69) is 20.6 Å². The Kier molecular flexibility index (Phi) is 3.89. The first-order valence-electron chi connectivity index (χ1n) is 5.79. The molecule has 1 aromatic carbocycles. The Morgan fingerprint density at radius 3 is 2.53 bits per heavy atom. The number of nitrogens with zero attached hydrogens (tertiary/aromatic N) is 2. The molecule has 0 bridgehead atoms. The van der Waals surface area contributed by atoms with Crippen LogP contribution in [0.4, 0.5) is 20.4 Å². The summed E-state index contributed by atoms with van der Waals surface area (Å²) in [5.41, 5.74) is 0.378. The molecule has 100 valence electrons.